The molecule has 0 aliphatic carbocycles. The Morgan fingerprint density at radius 2 is 1.76 bits per heavy atom. The fraction of sp³-hybridized carbons (Fsp3) is 0.625. The van der Waals surface area contributed by atoms with Crippen molar-refractivity contribution in [2.45, 2.75) is 70.7 Å². The second-order valence-electron chi connectivity index (χ2n) is 5.85. The van der Waals surface area contributed by atoms with Crippen LogP contribution in [0, 0.1) is 13.8 Å². The molecule has 0 spiro atoms. The van der Waals surface area contributed by atoms with Crippen LogP contribution in [-0.4, -0.2) is 14.5 Å². The van der Waals surface area contributed by atoms with Crippen molar-refractivity contribution in [2.24, 2.45) is 0 Å². The highest BCUT2D eigenvalue weighted by Gasteiger charge is 2.20. The number of hydrogen-bond acceptors (Lipinski definition) is 3. The lowest BCUT2D eigenvalue weighted by Crippen LogP contribution is -2.33. The van der Waals surface area contributed by atoms with Crippen LogP contribution in [0.5, 0.6) is 0 Å². The third kappa shape index (κ3) is 5.32. The molecule has 21 heavy (non-hydrogen) atoms. The molecular formula is C16H28N2O2S. The van der Waals surface area contributed by atoms with Gasteiger partial charge in [0.2, 0.25) is 10.0 Å². The van der Waals surface area contributed by atoms with E-state index in [9.17, 15) is 8.42 Å². The number of nitrogens with two attached hydrogens (primary N) is 1. The molecule has 1 atom stereocenters. The molecule has 0 aliphatic heterocycles. The second kappa shape index (κ2) is 7.80. The molecule has 5 heteroatoms. The second-order valence-corrected chi connectivity index (χ2v) is 7.53. The maximum absolute atomic E-state index is 12.4. The van der Waals surface area contributed by atoms with E-state index >= 15 is 0 Å². The molecule has 0 saturated heterocycles. The van der Waals surface area contributed by atoms with Gasteiger partial charge in [0.15, 0.2) is 0 Å². The SMILES string of the molecule is CCCCCCC(C)NS(=O)(=O)c1cc(C)c(C)cc1N. The molecule has 0 saturated carbocycles. The van der Waals surface area contributed by atoms with Crippen molar-refractivity contribution in [3.63, 3.8) is 0 Å². The largest absolute Gasteiger partial charge is 0.398 e. The summed E-state index contributed by atoms with van der Waals surface area (Å²) >= 11 is 0. The summed E-state index contributed by atoms with van der Waals surface area (Å²) < 4.78 is 27.6. The van der Waals surface area contributed by atoms with Gasteiger partial charge in [-0.15, -0.1) is 0 Å². The number of sulfonamides is 1. The molecule has 0 bridgehead atoms. The number of rotatable bonds is 8. The Hall–Kier alpha value is -1.07. The summed E-state index contributed by atoms with van der Waals surface area (Å²) in [7, 11) is -3.55. The Bertz CT molecular complexity index is 568. The van der Waals surface area contributed by atoms with E-state index in [1.54, 1.807) is 12.1 Å². The van der Waals surface area contributed by atoms with E-state index in [1.807, 2.05) is 20.8 Å². The summed E-state index contributed by atoms with van der Waals surface area (Å²) in [5.41, 5.74) is 8.11. The summed E-state index contributed by atoms with van der Waals surface area (Å²) in [6, 6.07) is 3.29. The zero-order chi connectivity index (χ0) is 16.0. The minimum atomic E-state index is -3.55. The zero-order valence-corrected chi connectivity index (χ0v) is 14.4. The van der Waals surface area contributed by atoms with Gasteiger partial charge < -0.3 is 5.73 Å². The maximum atomic E-state index is 12.4. The monoisotopic (exact) mass is 312 g/mol. The van der Waals surface area contributed by atoms with E-state index in [0.29, 0.717) is 5.69 Å². The first-order valence-electron chi connectivity index (χ1n) is 7.67. The molecule has 1 aromatic carbocycles. The lowest BCUT2D eigenvalue weighted by atomic mass is 10.1. The van der Waals surface area contributed by atoms with Crippen LogP contribution in [0.25, 0.3) is 0 Å². The quantitative estimate of drug-likeness (QED) is 0.570. The van der Waals surface area contributed by atoms with Crippen molar-refractivity contribution in [2.75, 3.05) is 5.73 Å². The topological polar surface area (TPSA) is 72.2 Å². The summed E-state index contributed by atoms with van der Waals surface area (Å²) in [4.78, 5) is 0.186. The summed E-state index contributed by atoms with van der Waals surface area (Å²) in [5.74, 6) is 0. The third-order valence-corrected chi connectivity index (χ3v) is 5.41. The van der Waals surface area contributed by atoms with Gasteiger partial charge in [0.05, 0.1) is 5.69 Å². The number of aryl methyl sites for hydroxylation is 2. The Labute approximate surface area is 129 Å². The number of anilines is 1. The normalized spacial score (nSPS) is 13.3. The molecule has 1 aromatic rings. The number of nitrogens with one attached hydrogen (secondary N) is 1. The van der Waals surface area contributed by atoms with E-state index in [1.165, 1.54) is 12.8 Å². The molecule has 4 nitrogen and oxygen atoms in total. The van der Waals surface area contributed by atoms with Gasteiger partial charge in [-0.05, 0) is 50.5 Å². The number of unbranched alkanes of at least 4 members (excludes halogenated alkanes) is 3. The summed E-state index contributed by atoms with van der Waals surface area (Å²) in [6.07, 6.45) is 5.42. The lowest BCUT2D eigenvalue weighted by Gasteiger charge is -2.16. The Balaban J connectivity index is 2.75. The standard InChI is InChI=1S/C16H28N2O2S/c1-5-6-7-8-9-14(4)18-21(19,20)16-11-13(3)12(2)10-15(16)17/h10-11,14,18H,5-9,17H2,1-4H3. The highest BCUT2D eigenvalue weighted by molar-refractivity contribution is 7.89. The van der Waals surface area contributed by atoms with Gasteiger partial charge >= 0.3 is 0 Å². The smallest absolute Gasteiger partial charge is 0.242 e. The van der Waals surface area contributed by atoms with E-state index in [-0.39, 0.29) is 10.9 Å². The van der Waals surface area contributed by atoms with Crippen molar-refractivity contribution >= 4 is 15.7 Å². The van der Waals surface area contributed by atoms with Crippen LogP contribution >= 0.6 is 0 Å². The van der Waals surface area contributed by atoms with Crippen molar-refractivity contribution in [1.29, 1.82) is 0 Å². The van der Waals surface area contributed by atoms with Gasteiger partial charge in [-0.25, -0.2) is 13.1 Å². The van der Waals surface area contributed by atoms with Crippen LogP contribution in [0.4, 0.5) is 5.69 Å². The van der Waals surface area contributed by atoms with Crippen LogP contribution < -0.4 is 10.5 Å². The molecule has 0 radical (unpaired) electrons. The molecule has 0 fully saturated rings. The van der Waals surface area contributed by atoms with Gasteiger partial charge in [0.1, 0.15) is 4.90 Å². The van der Waals surface area contributed by atoms with E-state index in [0.717, 1.165) is 30.4 Å². The predicted molar refractivity (Wildman–Crippen MR) is 88.9 cm³/mol. The Morgan fingerprint density at radius 1 is 1.14 bits per heavy atom. The van der Waals surface area contributed by atoms with Gasteiger partial charge in [0, 0.05) is 6.04 Å². The van der Waals surface area contributed by atoms with Crippen molar-refractivity contribution in [3.8, 4) is 0 Å². The average molecular weight is 312 g/mol. The Kier molecular flexibility index (Phi) is 6.68. The number of nitrogen functional groups attached to an aromatic ring is 1. The van der Waals surface area contributed by atoms with Gasteiger partial charge in [-0.3, -0.25) is 0 Å². The zero-order valence-electron chi connectivity index (χ0n) is 13.6. The molecule has 1 unspecified atom stereocenters. The van der Waals surface area contributed by atoms with Crippen LogP contribution in [0.1, 0.15) is 57.1 Å². The molecule has 0 heterocycles. The third-order valence-electron chi connectivity index (χ3n) is 3.76. The average Bonchev–Trinajstić information content (AvgIpc) is 2.38. The summed E-state index contributed by atoms with van der Waals surface area (Å²) in [6.45, 7) is 7.88. The number of hydrogen-bond donors (Lipinski definition) is 2. The molecule has 120 valence electrons. The first-order valence-corrected chi connectivity index (χ1v) is 9.15. The molecule has 1 rings (SSSR count). The fourth-order valence-electron chi connectivity index (χ4n) is 2.31. The van der Waals surface area contributed by atoms with Crippen molar-refractivity contribution in [3.05, 3.63) is 23.3 Å². The molecule has 0 amide bonds. The van der Waals surface area contributed by atoms with Crippen LogP contribution in [0.15, 0.2) is 17.0 Å². The van der Waals surface area contributed by atoms with Crippen LogP contribution in [0.3, 0.4) is 0 Å². The highest BCUT2D eigenvalue weighted by Crippen LogP contribution is 2.23. The minimum Gasteiger partial charge on any atom is -0.398 e. The van der Waals surface area contributed by atoms with E-state index < -0.39 is 10.0 Å². The Morgan fingerprint density at radius 3 is 2.38 bits per heavy atom. The molecule has 3 N–H and O–H groups in total. The van der Waals surface area contributed by atoms with Gasteiger partial charge in [0.25, 0.3) is 0 Å². The molecule has 0 aromatic heterocycles. The first-order chi connectivity index (χ1) is 9.77. The first kappa shape index (κ1) is 18.0. The highest BCUT2D eigenvalue weighted by atomic mass is 32.2. The number of benzene rings is 1. The fourth-order valence-corrected chi connectivity index (χ4v) is 3.79. The minimum absolute atomic E-state index is 0.0761. The van der Waals surface area contributed by atoms with Crippen LogP contribution in [-0.2, 0) is 10.0 Å². The van der Waals surface area contributed by atoms with Crippen molar-refractivity contribution in [1.82, 2.24) is 4.72 Å². The predicted octanol–water partition coefficient (Wildman–Crippen LogP) is 3.52. The van der Waals surface area contributed by atoms with E-state index in [2.05, 4.69) is 11.6 Å². The van der Waals surface area contributed by atoms with Crippen molar-refractivity contribution < 1.29 is 8.42 Å². The van der Waals surface area contributed by atoms with Crippen LogP contribution in [0.2, 0.25) is 0 Å². The lowest BCUT2D eigenvalue weighted by molar-refractivity contribution is 0.522. The van der Waals surface area contributed by atoms with Gasteiger partial charge in [-0.2, -0.15) is 0 Å². The summed E-state index contributed by atoms with van der Waals surface area (Å²) in [5, 5.41) is 0. The van der Waals surface area contributed by atoms with Gasteiger partial charge in [-0.1, -0.05) is 32.6 Å². The molecule has 0 aliphatic rings. The van der Waals surface area contributed by atoms with E-state index in [4.69, 9.17) is 5.73 Å². The maximum Gasteiger partial charge on any atom is 0.242 e. The molecular weight excluding hydrogens is 284 g/mol.